The van der Waals surface area contributed by atoms with Crippen LogP contribution in [-0.2, 0) is 0 Å². The lowest BCUT2D eigenvalue weighted by Gasteiger charge is -2.33. The van der Waals surface area contributed by atoms with E-state index in [2.05, 4.69) is 62.1 Å². The van der Waals surface area contributed by atoms with Crippen LogP contribution in [0.15, 0.2) is 48.5 Å². The Morgan fingerprint density at radius 1 is 0.792 bits per heavy atom. The predicted octanol–water partition coefficient (Wildman–Crippen LogP) is 6.64. The molecule has 0 aliphatic carbocycles. The van der Waals surface area contributed by atoms with Crippen LogP contribution < -0.4 is 0 Å². The third-order valence-corrected chi connectivity index (χ3v) is 4.79. The second-order valence-corrected chi connectivity index (χ2v) is 7.04. The fourth-order valence-corrected chi connectivity index (χ4v) is 3.23. The molecule has 0 aromatic heterocycles. The van der Waals surface area contributed by atoms with Crippen LogP contribution >= 0.6 is 11.6 Å². The Morgan fingerprint density at radius 2 is 1.25 bits per heavy atom. The molecule has 0 spiro atoms. The first-order valence-corrected chi connectivity index (χ1v) is 9.59. The van der Waals surface area contributed by atoms with Gasteiger partial charge in [-0.1, -0.05) is 80.3 Å². The fourth-order valence-electron chi connectivity index (χ4n) is 3.10. The molecular weight excluding hydrogens is 314 g/mol. The molecule has 24 heavy (non-hydrogen) atoms. The molecule has 1 unspecified atom stereocenters. The van der Waals surface area contributed by atoms with Gasteiger partial charge in [0.2, 0.25) is 0 Å². The van der Waals surface area contributed by atoms with Crippen LogP contribution in [0.3, 0.4) is 0 Å². The predicted molar refractivity (Wildman–Crippen MR) is 106 cm³/mol. The molecular formula is C22H30ClN. The number of halogens is 1. The first-order chi connectivity index (χ1) is 11.7. The van der Waals surface area contributed by atoms with Crippen molar-refractivity contribution in [2.75, 3.05) is 13.1 Å². The van der Waals surface area contributed by atoms with Gasteiger partial charge in [-0.25, -0.2) is 0 Å². The normalized spacial score (nSPS) is 12.5. The topological polar surface area (TPSA) is 3.24 Å². The van der Waals surface area contributed by atoms with E-state index < -0.39 is 0 Å². The van der Waals surface area contributed by atoms with Crippen molar-refractivity contribution in [2.45, 2.75) is 52.5 Å². The zero-order valence-corrected chi connectivity index (χ0v) is 16.0. The highest BCUT2D eigenvalue weighted by Crippen LogP contribution is 2.30. The third-order valence-electron chi connectivity index (χ3n) is 4.54. The van der Waals surface area contributed by atoms with Crippen molar-refractivity contribution in [3.8, 4) is 0 Å². The fraction of sp³-hybridized carbons (Fsp3) is 0.455. The summed E-state index contributed by atoms with van der Waals surface area (Å²) >= 11 is 6.12. The zero-order valence-electron chi connectivity index (χ0n) is 15.3. The van der Waals surface area contributed by atoms with E-state index in [0.717, 1.165) is 18.1 Å². The molecule has 0 aliphatic heterocycles. The smallest absolute Gasteiger partial charge is 0.0601 e. The standard InChI is InChI=1S/C22H30ClN/c1-4-6-16-24(17-7-5-2)22(19-10-8-18(3)9-11-19)20-12-14-21(23)15-13-20/h8-15,22H,4-7,16-17H2,1-3H3. The highest BCUT2D eigenvalue weighted by atomic mass is 35.5. The van der Waals surface area contributed by atoms with Crippen LogP contribution in [0, 0.1) is 6.92 Å². The summed E-state index contributed by atoms with van der Waals surface area (Å²) in [6, 6.07) is 17.7. The Balaban J connectivity index is 2.38. The van der Waals surface area contributed by atoms with E-state index in [1.165, 1.54) is 42.4 Å². The van der Waals surface area contributed by atoms with Gasteiger partial charge in [0.15, 0.2) is 0 Å². The van der Waals surface area contributed by atoms with E-state index in [1.807, 2.05) is 12.1 Å². The average molecular weight is 344 g/mol. The minimum atomic E-state index is 0.306. The molecule has 2 rings (SSSR count). The number of aryl methyl sites for hydroxylation is 1. The highest BCUT2D eigenvalue weighted by molar-refractivity contribution is 6.30. The maximum Gasteiger partial charge on any atom is 0.0601 e. The van der Waals surface area contributed by atoms with Gasteiger partial charge in [0.05, 0.1) is 6.04 Å². The number of benzene rings is 2. The van der Waals surface area contributed by atoms with E-state index in [0.29, 0.717) is 6.04 Å². The molecule has 0 bridgehead atoms. The summed E-state index contributed by atoms with van der Waals surface area (Å²) in [5.74, 6) is 0. The van der Waals surface area contributed by atoms with Crippen molar-refractivity contribution in [3.63, 3.8) is 0 Å². The van der Waals surface area contributed by atoms with Gasteiger partial charge in [0.25, 0.3) is 0 Å². The Kier molecular flexibility index (Phi) is 7.81. The van der Waals surface area contributed by atoms with Gasteiger partial charge < -0.3 is 0 Å². The van der Waals surface area contributed by atoms with Crippen molar-refractivity contribution in [1.82, 2.24) is 4.90 Å². The Hall–Kier alpha value is -1.31. The molecule has 0 aliphatic rings. The van der Waals surface area contributed by atoms with Crippen LogP contribution in [0.5, 0.6) is 0 Å². The van der Waals surface area contributed by atoms with Crippen LogP contribution in [0.4, 0.5) is 0 Å². The minimum absolute atomic E-state index is 0.306. The maximum absolute atomic E-state index is 6.12. The zero-order chi connectivity index (χ0) is 17.4. The van der Waals surface area contributed by atoms with E-state index in [9.17, 15) is 0 Å². The largest absolute Gasteiger partial charge is 0.292 e. The van der Waals surface area contributed by atoms with Gasteiger partial charge >= 0.3 is 0 Å². The summed E-state index contributed by atoms with van der Waals surface area (Å²) in [6.45, 7) is 8.95. The quantitative estimate of drug-likeness (QED) is 0.493. The molecule has 0 amide bonds. The number of rotatable bonds is 9. The molecule has 2 aromatic rings. The minimum Gasteiger partial charge on any atom is -0.292 e. The monoisotopic (exact) mass is 343 g/mol. The van der Waals surface area contributed by atoms with Crippen LogP contribution in [0.2, 0.25) is 5.02 Å². The summed E-state index contributed by atoms with van der Waals surface area (Å²) in [7, 11) is 0. The number of hydrogen-bond donors (Lipinski definition) is 0. The summed E-state index contributed by atoms with van der Waals surface area (Å²) in [4.78, 5) is 2.64. The van der Waals surface area contributed by atoms with Gasteiger partial charge in [-0.05, 0) is 56.1 Å². The molecule has 2 heteroatoms. The second kappa shape index (κ2) is 9.86. The van der Waals surface area contributed by atoms with E-state index >= 15 is 0 Å². The van der Waals surface area contributed by atoms with Gasteiger partial charge in [0, 0.05) is 5.02 Å². The summed E-state index contributed by atoms with van der Waals surface area (Å²) in [5, 5.41) is 0.801. The number of hydrogen-bond acceptors (Lipinski definition) is 1. The molecule has 0 radical (unpaired) electrons. The Morgan fingerprint density at radius 3 is 1.71 bits per heavy atom. The highest BCUT2D eigenvalue weighted by Gasteiger charge is 2.21. The van der Waals surface area contributed by atoms with Gasteiger partial charge in [-0.15, -0.1) is 0 Å². The number of unbranched alkanes of at least 4 members (excludes halogenated alkanes) is 2. The first kappa shape index (κ1) is 19.0. The Labute approximate surface area is 152 Å². The van der Waals surface area contributed by atoms with Crippen molar-refractivity contribution in [3.05, 3.63) is 70.2 Å². The molecule has 0 N–H and O–H groups in total. The average Bonchev–Trinajstić information content (AvgIpc) is 2.60. The van der Waals surface area contributed by atoms with Crippen molar-refractivity contribution in [2.24, 2.45) is 0 Å². The molecule has 0 heterocycles. The molecule has 1 atom stereocenters. The molecule has 0 saturated carbocycles. The number of nitrogens with zero attached hydrogens (tertiary/aromatic N) is 1. The van der Waals surface area contributed by atoms with Crippen molar-refractivity contribution < 1.29 is 0 Å². The van der Waals surface area contributed by atoms with E-state index in [4.69, 9.17) is 11.6 Å². The lowest BCUT2D eigenvalue weighted by molar-refractivity contribution is 0.218. The van der Waals surface area contributed by atoms with Crippen LogP contribution in [0.25, 0.3) is 0 Å². The Bertz CT molecular complexity index is 535. The van der Waals surface area contributed by atoms with Crippen molar-refractivity contribution in [1.29, 1.82) is 0 Å². The molecule has 2 aromatic carbocycles. The van der Waals surface area contributed by atoms with Gasteiger partial charge in [-0.3, -0.25) is 4.90 Å². The van der Waals surface area contributed by atoms with Gasteiger partial charge in [-0.2, -0.15) is 0 Å². The van der Waals surface area contributed by atoms with Crippen LogP contribution in [-0.4, -0.2) is 18.0 Å². The van der Waals surface area contributed by atoms with E-state index in [-0.39, 0.29) is 0 Å². The van der Waals surface area contributed by atoms with E-state index in [1.54, 1.807) is 0 Å². The summed E-state index contributed by atoms with van der Waals surface area (Å²) in [5.41, 5.74) is 4.01. The molecule has 0 fully saturated rings. The lowest BCUT2D eigenvalue weighted by atomic mass is 9.95. The summed E-state index contributed by atoms with van der Waals surface area (Å²) in [6.07, 6.45) is 4.92. The summed E-state index contributed by atoms with van der Waals surface area (Å²) < 4.78 is 0. The second-order valence-electron chi connectivity index (χ2n) is 6.61. The molecule has 0 saturated heterocycles. The van der Waals surface area contributed by atoms with Gasteiger partial charge in [0.1, 0.15) is 0 Å². The van der Waals surface area contributed by atoms with Crippen LogP contribution in [0.1, 0.15) is 62.3 Å². The molecule has 130 valence electrons. The third kappa shape index (κ3) is 5.36. The SMILES string of the molecule is CCCCN(CCCC)C(c1ccc(C)cc1)c1ccc(Cl)cc1. The maximum atomic E-state index is 6.12. The lowest BCUT2D eigenvalue weighted by Crippen LogP contribution is -2.31. The first-order valence-electron chi connectivity index (χ1n) is 9.21. The molecule has 1 nitrogen and oxygen atoms in total. The van der Waals surface area contributed by atoms with Crippen molar-refractivity contribution >= 4 is 11.6 Å².